The summed E-state index contributed by atoms with van der Waals surface area (Å²) in [5.41, 5.74) is -4.21. The van der Waals surface area contributed by atoms with Crippen LogP contribution in [0.15, 0.2) is 34.5 Å². The lowest BCUT2D eigenvalue weighted by Gasteiger charge is -2.25. The van der Waals surface area contributed by atoms with E-state index in [2.05, 4.69) is 0 Å². The average molecular weight is 419 g/mol. The van der Waals surface area contributed by atoms with Crippen LogP contribution in [0.2, 0.25) is 0 Å². The van der Waals surface area contributed by atoms with Crippen LogP contribution in [0, 0.1) is 0 Å². The third kappa shape index (κ3) is 3.15. The second kappa shape index (κ2) is 6.14. The van der Waals surface area contributed by atoms with Crippen molar-refractivity contribution in [2.24, 2.45) is 0 Å². The second-order valence-corrected chi connectivity index (χ2v) is 8.91. The summed E-state index contributed by atoms with van der Waals surface area (Å²) in [7, 11) is -4.14. The maximum absolute atomic E-state index is 12.9. The lowest BCUT2D eigenvalue weighted by Crippen LogP contribution is -2.52. The number of sulfone groups is 1. The van der Waals surface area contributed by atoms with Crippen molar-refractivity contribution in [2.75, 3.05) is 5.32 Å². The molecule has 2 heterocycles. The Morgan fingerprint density at radius 2 is 1.93 bits per heavy atom. The Morgan fingerprint density at radius 1 is 1.26 bits per heavy atom. The summed E-state index contributed by atoms with van der Waals surface area (Å²) in [6.07, 6.45) is -5.28. The van der Waals surface area contributed by atoms with Crippen molar-refractivity contribution in [3.8, 4) is 0 Å². The van der Waals surface area contributed by atoms with Crippen molar-refractivity contribution in [1.82, 2.24) is 0 Å². The van der Waals surface area contributed by atoms with E-state index in [1.54, 1.807) is 10.7 Å². The third-order valence-electron chi connectivity index (χ3n) is 4.11. The van der Waals surface area contributed by atoms with Crippen LogP contribution in [0.1, 0.15) is 27.7 Å². The van der Waals surface area contributed by atoms with Crippen molar-refractivity contribution in [2.45, 2.75) is 29.3 Å². The molecule has 11 heteroatoms. The number of alkyl halides is 3. The van der Waals surface area contributed by atoms with E-state index in [-0.39, 0.29) is 22.9 Å². The van der Waals surface area contributed by atoms with E-state index < -0.39 is 49.6 Å². The van der Waals surface area contributed by atoms with Gasteiger partial charge in [-0.2, -0.15) is 13.2 Å². The fourth-order valence-corrected chi connectivity index (χ4v) is 5.28. The quantitative estimate of drug-likeness (QED) is 0.779. The maximum Gasteiger partial charge on any atom is 0.426 e. The number of carbonyl (C=O) groups excluding carboxylic acids is 2. The van der Waals surface area contributed by atoms with Gasteiger partial charge in [0.05, 0.1) is 16.3 Å². The zero-order valence-corrected chi connectivity index (χ0v) is 15.3. The van der Waals surface area contributed by atoms with E-state index in [0.29, 0.717) is 0 Å². The number of halogens is 3. The maximum atomic E-state index is 12.9. The molecule has 1 aliphatic rings. The molecule has 2 aromatic rings. The van der Waals surface area contributed by atoms with Crippen molar-refractivity contribution in [3.63, 3.8) is 0 Å². The lowest BCUT2D eigenvalue weighted by molar-refractivity contribution is -0.242. The molecule has 1 atom stereocenters. The molecular formula is C16H12F3NO5S2. The molecule has 0 saturated carbocycles. The first-order valence-electron chi connectivity index (χ1n) is 7.43. The zero-order valence-electron chi connectivity index (χ0n) is 13.6. The number of hydrogen-bond acceptors (Lipinski definition) is 6. The summed E-state index contributed by atoms with van der Waals surface area (Å²) in [5, 5.41) is 12.8. The van der Waals surface area contributed by atoms with E-state index >= 15 is 0 Å². The zero-order chi connectivity index (χ0) is 20.2. The third-order valence-corrected chi connectivity index (χ3v) is 6.82. The molecule has 1 aromatic heterocycles. The standard InChI is InChI=1S/C16H12F3NO5S2/c1-15(23,16(17,18)19)14(22)20-10-4-2-3-9-11(21)12-8(5-6-26-12)7-27(24,25)13(9)10/h2-6,23H,7H2,1H3,(H,20,22). The van der Waals surface area contributed by atoms with Crippen LogP contribution in [0.25, 0.3) is 0 Å². The molecule has 0 saturated heterocycles. The molecule has 2 N–H and O–H groups in total. The van der Waals surface area contributed by atoms with Crippen LogP contribution in [0.3, 0.4) is 0 Å². The van der Waals surface area contributed by atoms with Crippen LogP contribution in [-0.2, 0) is 20.4 Å². The molecule has 6 nitrogen and oxygen atoms in total. The Hall–Kier alpha value is -2.24. The van der Waals surface area contributed by atoms with Gasteiger partial charge in [0.1, 0.15) is 4.90 Å². The molecule has 27 heavy (non-hydrogen) atoms. The molecule has 0 fully saturated rings. The van der Waals surface area contributed by atoms with Gasteiger partial charge in [0.25, 0.3) is 5.91 Å². The smallest absolute Gasteiger partial charge is 0.373 e. The van der Waals surface area contributed by atoms with E-state index in [1.165, 1.54) is 18.2 Å². The predicted molar refractivity (Wildman–Crippen MR) is 90.4 cm³/mol. The molecule has 0 radical (unpaired) electrons. The van der Waals surface area contributed by atoms with Gasteiger partial charge in [0, 0.05) is 5.56 Å². The minimum atomic E-state index is -5.28. The number of ketones is 1. The monoisotopic (exact) mass is 419 g/mol. The number of hydrogen-bond donors (Lipinski definition) is 2. The highest BCUT2D eigenvalue weighted by atomic mass is 32.2. The SMILES string of the molecule is CC(O)(C(=O)Nc1cccc2c1S(=O)(=O)Cc1ccsc1C2=O)C(F)(F)F. The van der Waals surface area contributed by atoms with Gasteiger partial charge in [-0.1, -0.05) is 6.07 Å². The molecule has 144 valence electrons. The van der Waals surface area contributed by atoms with E-state index in [9.17, 15) is 36.3 Å². The second-order valence-electron chi connectivity index (χ2n) is 6.07. The minimum Gasteiger partial charge on any atom is -0.373 e. The Kier molecular flexibility index (Phi) is 4.44. The number of thiophene rings is 1. The summed E-state index contributed by atoms with van der Waals surface area (Å²) >= 11 is 1.05. The topological polar surface area (TPSA) is 101 Å². The van der Waals surface area contributed by atoms with E-state index in [4.69, 9.17) is 0 Å². The van der Waals surface area contributed by atoms with Gasteiger partial charge in [0.15, 0.2) is 9.84 Å². The minimum absolute atomic E-state index is 0.211. The summed E-state index contributed by atoms with van der Waals surface area (Å²) in [6.45, 7) is 0.251. The fourth-order valence-electron chi connectivity index (χ4n) is 2.57. The highest BCUT2D eigenvalue weighted by molar-refractivity contribution is 7.91. The molecule has 1 aliphatic heterocycles. The van der Waals surface area contributed by atoms with Crippen LogP contribution < -0.4 is 5.32 Å². The lowest BCUT2D eigenvalue weighted by atomic mass is 10.0. The number of anilines is 1. The van der Waals surface area contributed by atoms with Gasteiger partial charge in [-0.3, -0.25) is 9.59 Å². The summed E-state index contributed by atoms with van der Waals surface area (Å²) in [5.74, 6) is -2.99. The van der Waals surface area contributed by atoms with Crippen molar-refractivity contribution in [3.05, 3.63) is 45.6 Å². The van der Waals surface area contributed by atoms with E-state index in [0.717, 1.165) is 17.4 Å². The number of aliphatic hydroxyl groups is 1. The van der Waals surface area contributed by atoms with Gasteiger partial charge in [-0.15, -0.1) is 11.3 Å². The summed E-state index contributed by atoms with van der Waals surface area (Å²) < 4.78 is 64.1. The number of benzene rings is 1. The summed E-state index contributed by atoms with van der Waals surface area (Å²) in [6, 6.07) is 5.01. The van der Waals surface area contributed by atoms with Gasteiger partial charge < -0.3 is 10.4 Å². The number of rotatable bonds is 2. The van der Waals surface area contributed by atoms with Crippen molar-refractivity contribution < 1.29 is 36.3 Å². The molecule has 1 unspecified atom stereocenters. The highest BCUT2D eigenvalue weighted by Gasteiger charge is 2.56. The van der Waals surface area contributed by atoms with Gasteiger partial charge in [-0.05, 0) is 36.1 Å². The van der Waals surface area contributed by atoms with Gasteiger partial charge in [0.2, 0.25) is 11.4 Å². The van der Waals surface area contributed by atoms with Crippen LogP contribution in [0.5, 0.6) is 0 Å². The molecule has 1 aromatic carbocycles. The van der Waals surface area contributed by atoms with Crippen LogP contribution >= 0.6 is 11.3 Å². The largest absolute Gasteiger partial charge is 0.426 e. The Morgan fingerprint density at radius 3 is 2.56 bits per heavy atom. The molecule has 0 bridgehead atoms. The van der Waals surface area contributed by atoms with E-state index in [1.807, 2.05) is 0 Å². The normalized spacial score (nSPS) is 18.0. The molecule has 0 aliphatic carbocycles. The van der Waals surface area contributed by atoms with Crippen molar-refractivity contribution >= 4 is 38.6 Å². The number of nitrogens with one attached hydrogen (secondary N) is 1. The highest BCUT2D eigenvalue weighted by Crippen LogP contribution is 2.37. The molecule has 1 amide bonds. The fraction of sp³-hybridized carbons (Fsp3) is 0.250. The predicted octanol–water partition coefficient (Wildman–Crippen LogP) is 2.52. The van der Waals surface area contributed by atoms with Gasteiger partial charge in [-0.25, -0.2) is 8.42 Å². The molecule has 3 rings (SSSR count). The Labute approximate surface area is 155 Å². The van der Waals surface area contributed by atoms with Crippen LogP contribution in [-0.4, -0.2) is 37.0 Å². The average Bonchev–Trinajstić information content (AvgIpc) is 2.96. The molecule has 0 spiro atoms. The summed E-state index contributed by atoms with van der Waals surface area (Å²) in [4.78, 5) is 24.3. The van der Waals surface area contributed by atoms with Crippen LogP contribution in [0.4, 0.5) is 18.9 Å². The van der Waals surface area contributed by atoms with Crippen molar-refractivity contribution in [1.29, 1.82) is 0 Å². The first-order valence-corrected chi connectivity index (χ1v) is 9.97. The number of amides is 1. The first kappa shape index (κ1) is 19.5. The Balaban J connectivity index is 2.13. The Bertz CT molecular complexity index is 1050. The van der Waals surface area contributed by atoms with Gasteiger partial charge >= 0.3 is 6.18 Å². The first-order chi connectivity index (χ1) is 12.4. The number of carbonyl (C=O) groups is 2. The molecular weight excluding hydrogens is 407 g/mol. The number of fused-ring (bicyclic) bond motifs is 2.